The van der Waals surface area contributed by atoms with E-state index in [1.54, 1.807) is 6.20 Å². The van der Waals surface area contributed by atoms with Gasteiger partial charge in [-0.05, 0) is 62.6 Å². The Bertz CT molecular complexity index is 1450. The molecule has 0 radical (unpaired) electrons. The van der Waals surface area contributed by atoms with Crippen LogP contribution in [0, 0.1) is 0 Å². The number of pyridine rings is 1. The van der Waals surface area contributed by atoms with Crippen molar-refractivity contribution < 1.29 is 39.2 Å². The third kappa shape index (κ3) is 9.39. The minimum Gasteiger partial charge on any atom is -0.483 e. The van der Waals surface area contributed by atoms with Gasteiger partial charge in [-0.2, -0.15) is 4.98 Å². The average Bonchev–Trinajstić information content (AvgIpc) is 3.00. The zero-order valence-corrected chi connectivity index (χ0v) is 25.2. The first kappa shape index (κ1) is 35.3. The summed E-state index contributed by atoms with van der Waals surface area (Å²) in [6.07, 6.45) is 4.48. The van der Waals surface area contributed by atoms with E-state index < -0.39 is 6.17 Å². The molecule has 1 saturated heterocycles. The zero-order chi connectivity index (χ0) is 32.9. The van der Waals surface area contributed by atoms with E-state index in [1.165, 1.54) is 0 Å². The van der Waals surface area contributed by atoms with Crippen molar-refractivity contribution in [3.8, 4) is 0 Å². The summed E-state index contributed by atoms with van der Waals surface area (Å²) in [5, 5.41) is 36.4. The van der Waals surface area contributed by atoms with Gasteiger partial charge in [0.15, 0.2) is 0 Å². The van der Waals surface area contributed by atoms with E-state index >= 15 is 0 Å². The van der Waals surface area contributed by atoms with Gasteiger partial charge in [0, 0.05) is 61.8 Å². The number of aromatic nitrogens is 3. The Morgan fingerprint density at radius 1 is 0.933 bits per heavy atom. The minimum absolute atomic E-state index is 0.0178. The van der Waals surface area contributed by atoms with Gasteiger partial charge < -0.3 is 30.6 Å². The number of benzene rings is 1. The number of carbonyl (C=O) groups is 3. The Kier molecular flexibility index (Phi) is 13.6. The van der Waals surface area contributed by atoms with Crippen LogP contribution in [0.3, 0.4) is 0 Å². The molecule has 2 aromatic heterocycles. The average molecular weight is 633 g/mol. The third-order valence-electron chi connectivity index (χ3n) is 8.27. The lowest BCUT2D eigenvalue weighted by molar-refractivity contribution is -0.123. The molecule has 6 rings (SSSR count). The molecule has 0 amide bonds. The molecule has 3 aliphatic rings. The molecule has 0 spiro atoms. The summed E-state index contributed by atoms with van der Waals surface area (Å²) in [5.41, 5.74) is 1.73. The number of piperazine rings is 1. The summed E-state index contributed by atoms with van der Waals surface area (Å²) in [5.74, 6) is 0.439. The molecule has 2 saturated carbocycles. The largest absolute Gasteiger partial charge is 0.483 e. The van der Waals surface area contributed by atoms with Crippen LogP contribution < -0.4 is 10.9 Å². The monoisotopic (exact) mass is 632 g/mol. The molecule has 0 atom stereocenters. The molecule has 5 N–H and O–H groups in total. The number of halogens is 1. The molecule has 246 valence electrons. The van der Waals surface area contributed by atoms with E-state index in [2.05, 4.69) is 33.2 Å². The Hall–Kier alpha value is -4.21. The van der Waals surface area contributed by atoms with E-state index in [9.17, 15) is 14.3 Å². The van der Waals surface area contributed by atoms with Crippen LogP contribution in [0.25, 0.3) is 21.8 Å². The lowest BCUT2D eigenvalue weighted by Gasteiger charge is -2.32. The number of hydrogen-bond donors (Lipinski definition) is 5. The van der Waals surface area contributed by atoms with Gasteiger partial charge in [0.25, 0.3) is 25.0 Å². The molecule has 1 aliphatic heterocycles. The van der Waals surface area contributed by atoms with E-state index in [-0.39, 0.29) is 43.2 Å². The fourth-order valence-electron chi connectivity index (χ4n) is 5.91. The summed E-state index contributed by atoms with van der Waals surface area (Å²) in [6, 6.07) is 6.21. The lowest BCUT2D eigenvalue weighted by Crippen LogP contribution is -2.43. The number of aliphatic hydroxyl groups excluding tert-OH is 1. The molecule has 45 heavy (non-hydrogen) atoms. The van der Waals surface area contributed by atoms with Crippen molar-refractivity contribution in [2.45, 2.75) is 69.4 Å². The van der Waals surface area contributed by atoms with Crippen LogP contribution in [0.4, 0.5) is 10.3 Å². The smallest absolute Gasteiger partial charge is 0.290 e. The SMILES string of the molecule is CN1CCN(Cc2ccc3c(c2)c(=O)n(C2CCC(O)CC2)c2nc(NC4CC(F)C4)ncc32)CC1.O=CO.O=CO.O=CO. The van der Waals surface area contributed by atoms with Crippen molar-refractivity contribution in [3.05, 3.63) is 40.3 Å². The number of fused-ring (bicyclic) bond motifs is 3. The predicted octanol–water partition coefficient (Wildman–Crippen LogP) is 2.18. The highest BCUT2D eigenvalue weighted by Gasteiger charge is 2.30. The van der Waals surface area contributed by atoms with E-state index in [1.807, 2.05) is 16.7 Å². The molecular formula is C30H41FN6O8. The maximum Gasteiger partial charge on any atom is 0.290 e. The first-order valence-electron chi connectivity index (χ1n) is 14.8. The minimum atomic E-state index is -0.765. The quantitative estimate of drug-likeness (QED) is 0.203. The van der Waals surface area contributed by atoms with Gasteiger partial charge in [-0.15, -0.1) is 0 Å². The summed E-state index contributed by atoms with van der Waals surface area (Å²) in [6.45, 7) is 4.23. The molecule has 2 aliphatic carbocycles. The number of carboxylic acid groups (broad SMARTS) is 3. The Labute approximate surface area is 259 Å². The highest BCUT2D eigenvalue weighted by molar-refractivity contribution is 6.04. The van der Waals surface area contributed by atoms with Gasteiger partial charge in [0.05, 0.1) is 6.10 Å². The third-order valence-corrected chi connectivity index (χ3v) is 8.27. The van der Waals surface area contributed by atoms with Gasteiger partial charge >= 0.3 is 0 Å². The van der Waals surface area contributed by atoms with Crippen LogP contribution in [-0.4, -0.2) is 116 Å². The number of alkyl halides is 1. The summed E-state index contributed by atoms with van der Waals surface area (Å²) in [4.78, 5) is 53.2. The molecule has 0 bridgehead atoms. The van der Waals surface area contributed by atoms with Crippen molar-refractivity contribution in [2.75, 3.05) is 38.5 Å². The van der Waals surface area contributed by atoms with Crippen LogP contribution in [0.2, 0.25) is 0 Å². The molecule has 1 aromatic carbocycles. The van der Waals surface area contributed by atoms with Crippen LogP contribution >= 0.6 is 0 Å². The van der Waals surface area contributed by atoms with E-state index in [4.69, 9.17) is 34.7 Å². The van der Waals surface area contributed by atoms with Crippen LogP contribution in [0.5, 0.6) is 0 Å². The second-order valence-electron chi connectivity index (χ2n) is 11.3. The Morgan fingerprint density at radius 3 is 2.11 bits per heavy atom. The first-order chi connectivity index (χ1) is 21.7. The number of aliphatic hydroxyl groups is 1. The van der Waals surface area contributed by atoms with Crippen LogP contribution in [-0.2, 0) is 20.9 Å². The van der Waals surface area contributed by atoms with Crippen molar-refractivity contribution in [3.63, 3.8) is 0 Å². The first-order valence-corrected chi connectivity index (χ1v) is 14.8. The van der Waals surface area contributed by atoms with Gasteiger partial charge in [-0.3, -0.25) is 28.6 Å². The number of rotatable bonds is 5. The summed E-state index contributed by atoms with van der Waals surface area (Å²) >= 11 is 0. The highest BCUT2D eigenvalue weighted by Crippen LogP contribution is 2.33. The van der Waals surface area contributed by atoms with Crippen LogP contribution in [0.1, 0.15) is 50.1 Å². The molecule has 3 fully saturated rings. The number of likely N-dealkylation sites (N-methyl/N-ethyl adjacent to an activating group) is 1. The number of anilines is 1. The normalized spacial score (nSPS) is 23.1. The van der Waals surface area contributed by atoms with E-state index in [0.29, 0.717) is 42.7 Å². The fourth-order valence-corrected chi connectivity index (χ4v) is 5.91. The second kappa shape index (κ2) is 17.3. The van der Waals surface area contributed by atoms with Gasteiger partial charge in [-0.1, -0.05) is 12.1 Å². The zero-order valence-electron chi connectivity index (χ0n) is 25.2. The number of nitrogens with one attached hydrogen (secondary N) is 1. The van der Waals surface area contributed by atoms with Crippen molar-refractivity contribution in [1.82, 2.24) is 24.3 Å². The number of nitrogens with zero attached hydrogens (tertiary/aromatic N) is 5. The highest BCUT2D eigenvalue weighted by atomic mass is 19.1. The van der Waals surface area contributed by atoms with E-state index in [0.717, 1.165) is 61.9 Å². The lowest BCUT2D eigenvalue weighted by atomic mass is 9.91. The Balaban J connectivity index is 0.000000552. The summed E-state index contributed by atoms with van der Waals surface area (Å²) in [7, 11) is 2.15. The van der Waals surface area contributed by atoms with Gasteiger partial charge in [-0.25, -0.2) is 9.37 Å². The molecule has 3 heterocycles. The molecule has 0 unspecified atom stereocenters. The summed E-state index contributed by atoms with van der Waals surface area (Å²) < 4.78 is 15.2. The maximum absolute atomic E-state index is 14.0. The molecular weight excluding hydrogens is 591 g/mol. The maximum atomic E-state index is 14.0. The predicted molar refractivity (Wildman–Crippen MR) is 165 cm³/mol. The number of hydrogen-bond acceptors (Lipinski definition) is 10. The van der Waals surface area contributed by atoms with Crippen molar-refractivity contribution >= 4 is 47.2 Å². The standard InChI is InChI=1S/C27H35FN6O2.3CH2O2/c1-32-8-10-33(11-9-32)16-17-2-7-22-23(12-17)26(36)34(20-3-5-21(35)6-4-20)25-24(22)15-29-27(31-25)30-19-13-18(28)14-19;3*2-1-3/h2,7,12,15,18-21,35H,3-6,8-11,13-14,16H2,1H3,(H,29,30,31);3*1H,(H,2,3). The Morgan fingerprint density at radius 2 is 1.53 bits per heavy atom. The topological polar surface area (TPSA) is 198 Å². The molecule has 3 aromatic rings. The van der Waals surface area contributed by atoms with Crippen LogP contribution in [0.15, 0.2) is 29.2 Å². The van der Waals surface area contributed by atoms with Crippen molar-refractivity contribution in [1.29, 1.82) is 0 Å². The fraction of sp³-hybridized carbons (Fsp3) is 0.533. The molecule has 15 heteroatoms. The second-order valence-corrected chi connectivity index (χ2v) is 11.3. The van der Waals surface area contributed by atoms with Gasteiger partial charge in [0.1, 0.15) is 11.8 Å². The van der Waals surface area contributed by atoms with Gasteiger partial charge in [0.2, 0.25) is 5.95 Å². The van der Waals surface area contributed by atoms with Crippen molar-refractivity contribution in [2.24, 2.45) is 0 Å². The molecule has 14 nitrogen and oxygen atoms in total.